The first-order valence-corrected chi connectivity index (χ1v) is 5.53. The Kier molecular flexibility index (Phi) is 3.36. The number of allylic oxidation sites excluding steroid dienone is 1. The molecule has 2 N–H and O–H groups in total. The van der Waals surface area contributed by atoms with E-state index in [-0.39, 0.29) is 0 Å². The Morgan fingerprint density at radius 3 is 2.76 bits per heavy atom. The zero-order valence-corrected chi connectivity index (χ0v) is 10.2. The Labute approximate surface area is 101 Å². The fourth-order valence-corrected chi connectivity index (χ4v) is 2.10. The molecule has 1 aliphatic carbocycles. The van der Waals surface area contributed by atoms with Gasteiger partial charge >= 0.3 is 0 Å². The van der Waals surface area contributed by atoms with Crippen LogP contribution < -0.4 is 0 Å². The van der Waals surface area contributed by atoms with Crippen LogP contribution in [-0.4, -0.2) is 30.4 Å². The average Bonchev–Trinajstić information content (AvgIpc) is 2.72. The van der Waals surface area contributed by atoms with E-state index in [4.69, 9.17) is 9.47 Å². The van der Waals surface area contributed by atoms with Crippen LogP contribution in [0, 0.1) is 0 Å². The molecule has 0 aliphatic heterocycles. The first kappa shape index (κ1) is 12.0. The highest BCUT2D eigenvalue weighted by Crippen LogP contribution is 2.34. The van der Waals surface area contributed by atoms with Crippen molar-refractivity contribution in [2.75, 3.05) is 14.2 Å². The van der Waals surface area contributed by atoms with Crippen LogP contribution >= 0.6 is 0 Å². The molecule has 1 aromatic rings. The second-order valence-corrected chi connectivity index (χ2v) is 3.95. The summed E-state index contributed by atoms with van der Waals surface area (Å²) in [6, 6.07) is 1.98. The normalized spacial score (nSPS) is 23.6. The van der Waals surface area contributed by atoms with Gasteiger partial charge in [0.25, 0.3) is 0 Å². The number of aromatic amines is 1. The smallest absolute Gasteiger partial charge is 0.145 e. The van der Waals surface area contributed by atoms with Gasteiger partial charge in [0.1, 0.15) is 18.0 Å². The Balaban J connectivity index is 2.45. The highest BCUT2D eigenvalue weighted by atomic mass is 16.5. The molecule has 0 radical (unpaired) electrons. The summed E-state index contributed by atoms with van der Waals surface area (Å²) in [6.07, 6.45) is 4.60. The highest BCUT2D eigenvalue weighted by Gasteiger charge is 2.32. The molecular weight excluding hydrogens is 218 g/mol. The molecule has 2 rings (SSSR count). The molecule has 1 aromatic heterocycles. The molecule has 4 heteroatoms. The molecule has 17 heavy (non-hydrogen) atoms. The number of ether oxygens (including phenoxy) is 2. The molecule has 0 saturated heterocycles. The third kappa shape index (κ3) is 2.01. The van der Waals surface area contributed by atoms with Gasteiger partial charge in [-0.2, -0.15) is 0 Å². The number of aliphatic hydroxyl groups is 1. The lowest BCUT2D eigenvalue weighted by atomic mass is 9.98. The zero-order valence-electron chi connectivity index (χ0n) is 10.2. The minimum absolute atomic E-state index is 0.454. The summed E-state index contributed by atoms with van der Waals surface area (Å²) in [5, 5.41) is 10.2. The van der Waals surface area contributed by atoms with Gasteiger partial charge < -0.3 is 19.6 Å². The van der Waals surface area contributed by atoms with E-state index in [2.05, 4.69) is 4.98 Å². The van der Waals surface area contributed by atoms with Crippen LogP contribution in [0.4, 0.5) is 0 Å². The summed E-state index contributed by atoms with van der Waals surface area (Å²) >= 11 is 0. The second kappa shape index (κ2) is 4.77. The number of fused-ring (bicyclic) bond motifs is 1. The van der Waals surface area contributed by atoms with Crippen molar-refractivity contribution in [2.24, 2.45) is 0 Å². The van der Waals surface area contributed by atoms with E-state index in [1.807, 2.05) is 31.2 Å². The molecule has 0 amide bonds. The van der Waals surface area contributed by atoms with E-state index in [0.717, 1.165) is 17.0 Å². The van der Waals surface area contributed by atoms with Gasteiger partial charge in [-0.25, -0.2) is 0 Å². The lowest BCUT2D eigenvalue weighted by molar-refractivity contribution is -0.0214. The lowest BCUT2D eigenvalue weighted by Gasteiger charge is -2.26. The number of rotatable bonds is 3. The van der Waals surface area contributed by atoms with Crippen molar-refractivity contribution < 1.29 is 14.6 Å². The van der Waals surface area contributed by atoms with Crippen LogP contribution in [-0.2, 0) is 9.47 Å². The predicted molar refractivity (Wildman–Crippen MR) is 66.2 cm³/mol. The van der Waals surface area contributed by atoms with E-state index < -0.39 is 12.2 Å². The lowest BCUT2D eigenvalue weighted by Crippen LogP contribution is -2.27. The molecular formula is C13H17NO3. The van der Waals surface area contributed by atoms with Gasteiger partial charge in [-0.3, -0.25) is 0 Å². The summed E-state index contributed by atoms with van der Waals surface area (Å²) in [6.45, 7) is 1.95. The highest BCUT2D eigenvalue weighted by molar-refractivity contribution is 5.63. The van der Waals surface area contributed by atoms with Crippen molar-refractivity contribution in [3.63, 3.8) is 0 Å². The number of hydrogen-bond acceptors (Lipinski definition) is 3. The summed E-state index contributed by atoms with van der Waals surface area (Å²) in [4.78, 5) is 3.18. The van der Waals surface area contributed by atoms with E-state index in [1.54, 1.807) is 14.2 Å². The third-order valence-corrected chi connectivity index (χ3v) is 2.90. The summed E-state index contributed by atoms with van der Waals surface area (Å²) in [7, 11) is 3.14. The Hall–Kier alpha value is -1.52. The molecule has 0 saturated carbocycles. The SMILES string of the molecule is C/C=C/c1cc2c([nH]1)C(O)C(OC)C(OC)=C2. The molecule has 0 bridgehead atoms. The first-order chi connectivity index (χ1) is 8.21. The van der Waals surface area contributed by atoms with Crippen LogP contribution in [0.5, 0.6) is 0 Å². The molecule has 4 nitrogen and oxygen atoms in total. The molecule has 0 fully saturated rings. The van der Waals surface area contributed by atoms with Gasteiger partial charge in [0.15, 0.2) is 0 Å². The van der Waals surface area contributed by atoms with Gasteiger partial charge in [-0.15, -0.1) is 0 Å². The standard InChI is InChI=1S/C13H17NO3/c1-4-5-9-6-8-7-10(16-2)13(17-3)12(15)11(8)14-9/h4-7,12-15H,1-3H3/b5-4+. The van der Waals surface area contributed by atoms with E-state index in [1.165, 1.54) is 0 Å². The van der Waals surface area contributed by atoms with Gasteiger partial charge in [-0.1, -0.05) is 6.08 Å². The second-order valence-electron chi connectivity index (χ2n) is 3.95. The molecule has 92 valence electrons. The molecule has 1 aliphatic rings. The monoisotopic (exact) mass is 235 g/mol. The molecule has 2 atom stereocenters. The van der Waals surface area contributed by atoms with Crippen LogP contribution in [0.15, 0.2) is 17.9 Å². The summed E-state index contributed by atoms with van der Waals surface area (Å²) < 4.78 is 10.5. The fraction of sp³-hybridized carbons (Fsp3) is 0.385. The molecule has 0 spiro atoms. The molecule has 2 unspecified atom stereocenters. The van der Waals surface area contributed by atoms with Gasteiger partial charge in [0.05, 0.1) is 12.8 Å². The Morgan fingerprint density at radius 1 is 1.41 bits per heavy atom. The number of H-pyrrole nitrogens is 1. The van der Waals surface area contributed by atoms with Crippen molar-refractivity contribution in [1.29, 1.82) is 0 Å². The topological polar surface area (TPSA) is 54.5 Å². The molecule has 0 aromatic carbocycles. The van der Waals surface area contributed by atoms with E-state index >= 15 is 0 Å². The Bertz CT molecular complexity index is 459. The van der Waals surface area contributed by atoms with Crippen molar-refractivity contribution in [3.8, 4) is 0 Å². The van der Waals surface area contributed by atoms with Crippen molar-refractivity contribution in [3.05, 3.63) is 34.9 Å². The number of nitrogens with one attached hydrogen (secondary N) is 1. The van der Waals surface area contributed by atoms with E-state index in [9.17, 15) is 5.11 Å². The van der Waals surface area contributed by atoms with Gasteiger partial charge in [0, 0.05) is 18.4 Å². The fourth-order valence-electron chi connectivity index (χ4n) is 2.10. The summed E-state index contributed by atoms with van der Waals surface area (Å²) in [5.41, 5.74) is 2.67. The van der Waals surface area contributed by atoms with Crippen LogP contribution in [0.25, 0.3) is 12.2 Å². The van der Waals surface area contributed by atoms with Crippen molar-refractivity contribution >= 4 is 12.2 Å². The van der Waals surface area contributed by atoms with Crippen LogP contribution in [0.2, 0.25) is 0 Å². The van der Waals surface area contributed by atoms with E-state index in [0.29, 0.717) is 5.76 Å². The summed E-state index contributed by atoms with van der Waals surface area (Å²) in [5.74, 6) is 0.638. The number of aliphatic hydroxyl groups excluding tert-OH is 1. The van der Waals surface area contributed by atoms with Gasteiger partial charge in [0.2, 0.25) is 0 Å². The van der Waals surface area contributed by atoms with Crippen LogP contribution in [0.1, 0.15) is 30.0 Å². The van der Waals surface area contributed by atoms with Crippen molar-refractivity contribution in [2.45, 2.75) is 19.1 Å². The Morgan fingerprint density at radius 2 is 2.18 bits per heavy atom. The quantitative estimate of drug-likeness (QED) is 0.843. The first-order valence-electron chi connectivity index (χ1n) is 5.53. The minimum Gasteiger partial charge on any atom is -0.498 e. The maximum Gasteiger partial charge on any atom is 0.145 e. The maximum absolute atomic E-state index is 10.2. The number of methoxy groups -OCH3 is 2. The minimum atomic E-state index is -0.728. The largest absolute Gasteiger partial charge is 0.498 e. The molecule has 1 heterocycles. The number of aromatic nitrogens is 1. The maximum atomic E-state index is 10.2. The number of hydrogen-bond donors (Lipinski definition) is 2. The predicted octanol–water partition coefficient (Wildman–Crippen LogP) is 2.10. The third-order valence-electron chi connectivity index (χ3n) is 2.90. The van der Waals surface area contributed by atoms with Crippen LogP contribution in [0.3, 0.4) is 0 Å². The van der Waals surface area contributed by atoms with Gasteiger partial charge in [-0.05, 0) is 25.1 Å². The average molecular weight is 235 g/mol. The van der Waals surface area contributed by atoms with Crippen molar-refractivity contribution in [1.82, 2.24) is 4.98 Å². The zero-order chi connectivity index (χ0) is 12.4.